The number of carboxylic acids is 1. The summed E-state index contributed by atoms with van der Waals surface area (Å²) < 4.78 is 6.03. The molecule has 7 heteroatoms. The van der Waals surface area contributed by atoms with Crippen molar-refractivity contribution < 1.29 is 19.4 Å². The van der Waals surface area contributed by atoms with E-state index in [1.54, 1.807) is 6.21 Å². The summed E-state index contributed by atoms with van der Waals surface area (Å²) in [4.78, 5) is 22.5. The Balaban J connectivity index is 1.46. The molecule has 2 aliphatic rings. The number of allylic oxidation sites excluding steroid dienone is 2. The van der Waals surface area contributed by atoms with E-state index in [-0.39, 0.29) is 30.6 Å². The number of urea groups is 1. The molecule has 2 fully saturated rings. The zero-order valence-electron chi connectivity index (χ0n) is 15.8. The lowest BCUT2D eigenvalue weighted by Gasteiger charge is -2.23. The largest absolute Gasteiger partial charge is 0.481 e. The molecule has 0 saturated carbocycles. The van der Waals surface area contributed by atoms with Crippen LogP contribution < -0.4 is 10.7 Å². The average molecular weight is 385 g/mol. The van der Waals surface area contributed by atoms with Crippen LogP contribution in [-0.2, 0) is 9.53 Å². The number of carbonyl (C=O) groups excluding carboxylic acids is 1. The molecule has 0 aromatic heterocycles. The summed E-state index contributed by atoms with van der Waals surface area (Å²) in [5.74, 6) is -0.230. The molecule has 1 aromatic rings. The molecule has 7 nitrogen and oxygen atoms in total. The fourth-order valence-corrected chi connectivity index (χ4v) is 3.93. The number of carboxylic acid groups (broad SMARTS) is 1. The SMILES string of the molecule is O=C(O)CCC/C=C\C[C@@H]1[C@H](/C=N/NC(=O)Nc2ccccc2)[C@H]2CC[C@@H]1O2. The number of hydrogen-bond donors (Lipinski definition) is 3. The van der Waals surface area contributed by atoms with Gasteiger partial charge in [0.1, 0.15) is 0 Å². The van der Waals surface area contributed by atoms with Crippen molar-refractivity contribution in [2.45, 2.75) is 50.7 Å². The molecule has 0 spiro atoms. The highest BCUT2D eigenvalue weighted by molar-refractivity contribution is 5.89. The Morgan fingerprint density at radius 2 is 1.96 bits per heavy atom. The first-order valence-corrected chi connectivity index (χ1v) is 9.81. The van der Waals surface area contributed by atoms with Gasteiger partial charge in [0.2, 0.25) is 0 Å². The number of benzene rings is 1. The molecular weight excluding hydrogens is 358 g/mol. The molecule has 4 atom stereocenters. The third kappa shape index (κ3) is 5.66. The van der Waals surface area contributed by atoms with Crippen molar-refractivity contribution in [2.24, 2.45) is 16.9 Å². The second-order valence-electron chi connectivity index (χ2n) is 7.23. The molecule has 0 unspecified atom stereocenters. The molecule has 2 amide bonds. The third-order valence-corrected chi connectivity index (χ3v) is 5.27. The van der Waals surface area contributed by atoms with Crippen molar-refractivity contribution in [3.05, 3.63) is 42.5 Å². The van der Waals surface area contributed by atoms with Crippen LogP contribution in [0.5, 0.6) is 0 Å². The highest BCUT2D eigenvalue weighted by Crippen LogP contribution is 2.44. The van der Waals surface area contributed by atoms with Crippen molar-refractivity contribution >= 4 is 23.9 Å². The lowest BCUT2D eigenvalue weighted by molar-refractivity contribution is -0.137. The first-order chi connectivity index (χ1) is 13.6. The van der Waals surface area contributed by atoms with Gasteiger partial charge in [0, 0.05) is 24.2 Å². The van der Waals surface area contributed by atoms with Crippen LogP contribution in [-0.4, -0.2) is 35.5 Å². The van der Waals surface area contributed by atoms with E-state index in [4.69, 9.17) is 9.84 Å². The maximum Gasteiger partial charge on any atom is 0.339 e. The second-order valence-corrected chi connectivity index (χ2v) is 7.23. The minimum atomic E-state index is -0.755. The van der Waals surface area contributed by atoms with E-state index in [1.165, 1.54) is 0 Å². The predicted octanol–water partition coefficient (Wildman–Crippen LogP) is 3.79. The molecule has 0 aliphatic carbocycles. The summed E-state index contributed by atoms with van der Waals surface area (Å²) in [6.45, 7) is 0. The van der Waals surface area contributed by atoms with Crippen molar-refractivity contribution in [1.29, 1.82) is 0 Å². The molecule has 2 heterocycles. The lowest BCUT2D eigenvalue weighted by Crippen LogP contribution is -2.30. The number of anilines is 1. The Bertz CT molecular complexity index is 720. The Kier molecular flexibility index (Phi) is 7.19. The maximum atomic E-state index is 11.9. The fraction of sp³-hybridized carbons (Fsp3) is 0.476. The monoisotopic (exact) mass is 385 g/mol. The van der Waals surface area contributed by atoms with Crippen LogP contribution in [0.2, 0.25) is 0 Å². The molecule has 2 aliphatic heterocycles. The number of amides is 2. The number of hydrazone groups is 1. The maximum absolute atomic E-state index is 11.9. The number of nitrogens with one attached hydrogen (secondary N) is 2. The van der Waals surface area contributed by atoms with Crippen LogP contribution in [0, 0.1) is 11.8 Å². The van der Waals surface area contributed by atoms with E-state index in [0.29, 0.717) is 18.0 Å². The van der Waals surface area contributed by atoms with Crippen LogP contribution >= 0.6 is 0 Å². The molecule has 0 radical (unpaired) electrons. The van der Waals surface area contributed by atoms with Gasteiger partial charge < -0.3 is 15.2 Å². The summed E-state index contributed by atoms with van der Waals surface area (Å²) in [7, 11) is 0. The summed E-state index contributed by atoms with van der Waals surface area (Å²) in [5, 5.41) is 15.5. The van der Waals surface area contributed by atoms with Gasteiger partial charge in [-0.25, -0.2) is 10.2 Å². The fourth-order valence-electron chi connectivity index (χ4n) is 3.93. The first kappa shape index (κ1) is 20.1. The van der Waals surface area contributed by atoms with Crippen LogP contribution in [0.3, 0.4) is 0 Å². The van der Waals surface area contributed by atoms with Gasteiger partial charge in [-0.15, -0.1) is 0 Å². The minimum absolute atomic E-state index is 0.165. The highest BCUT2D eigenvalue weighted by atomic mass is 16.5. The van der Waals surface area contributed by atoms with Gasteiger partial charge in [-0.1, -0.05) is 30.4 Å². The number of carbonyl (C=O) groups is 2. The summed E-state index contributed by atoms with van der Waals surface area (Å²) >= 11 is 0. The van der Waals surface area contributed by atoms with Gasteiger partial charge in [0.25, 0.3) is 0 Å². The van der Waals surface area contributed by atoms with Crippen LogP contribution in [0.25, 0.3) is 0 Å². The standard InChI is InChI=1S/C21H27N3O4/c25-20(26)11-7-2-1-6-10-16-17(19-13-12-18(16)28-19)14-22-24-21(27)23-15-8-4-3-5-9-15/h1,3-6,8-9,14,16-19H,2,7,10-13H2,(H,25,26)(H2,23,24,27)/b6-1-,22-14+/t16-,17+,18+,19-/m1/s1. The van der Waals surface area contributed by atoms with Gasteiger partial charge in [0.15, 0.2) is 0 Å². The van der Waals surface area contributed by atoms with Crippen molar-refractivity contribution in [2.75, 3.05) is 5.32 Å². The molecular formula is C21H27N3O4. The molecule has 3 N–H and O–H groups in total. The van der Waals surface area contributed by atoms with Gasteiger partial charge in [-0.05, 0) is 50.2 Å². The number of ether oxygens (including phenoxy) is 1. The van der Waals surface area contributed by atoms with E-state index >= 15 is 0 Å². The first-order valence-electron chi connectivity index (χ1n) is 9.81. The molecule has 28 heavy (non-hydrogen) atoms. The number of nitrogens with zero attached hydrogens (tertiary/aromatic N) is 1. The number of hydrogen-bond acceptors (Lipinski definition) is 4. The van der Waals surface area contributed by atoms with Gasteiger partial charge >= 0.3 is 12.0 Å². The predicted molar refractivity (Wildman–Crippen MR) is 107 cm³/mol. The van der Waals surface area contributed by atoms with E-state index in [2.05, 4.69) is 28.0 Å². The van der Waals surface area contributed by atoms with E-state index in [1.807, 2.05) is 30.3 Å². The average Bonchev–Trinajstić information content (AvgIpc) is 3.27. The quantitative estimate of drug-likeness (QED) is 0.261. The van der Waals surface area contributed by atoms with E-state index in [9.17, 15) is 9.59 Å². The smallest absolute Gasteiger partial charge is 0.339 e. The van der Waals surface area contributed by atoms with Crippen molar-refractivity contribution in [3.63, 3.8) is 0 Å². The lowest BCUT2D eigenvalue weighted by atomic mass is 9.78. The number of para-hydroxylation sites is 1. The van der Waals surface area contributed by atoms with Gasteiger partial charge in [-0.2, -0.15) is 5.10 Å². The number of fused-ring (bicyclic) bond motifs is 2. The zero-order valence-corrected chi connectivity index (χ0v) is 15.8. The molecule has 1 aromatic carbocycles. The topological polar surface area (TPSA) is 100 Å². The number of aliphatic carboxylic acids is 1. The highest BCUT2D eigenvalue weighted by Gasteiger charge is 2.47. The Hall–Kier alpha value is -2.67. The Labute approximate surface area is 164 Å². The van der Waals surface area contributed by atoms with Crippen LogP contribution in [0.4, 0.5) is 10.5 Å². The third-order valence-electron chi connectivity index (χ3n) is 5.27. The van der Waals surface area contributed by atoms with Crippen LogP contribution in [0.15, 0.2) is 47.6 Å². The number of unbranched alkanes of at least 4 members (excludes halogenated alkanes) is 1. The van der Waals surface area contributed by atoms with Gasteiger partial charge in [-0.3, -0.25) is 4.79 Å². The van der Waals surface area contributed by atoms with Crippen molar-refractivity contribution in [3.8, 4) is 0 Å². The van der Waals surface area contributed by atoms with Gasteiger partial charge in [0.05, 0.1) is 12.2 Å². The van der Waals surface area contributed by atoms with Crippen molar-refractivity contribution in [1.82, 2.24) is 5.43 Å². The summed E-state index contributed by atoms with van der Waals surface area (Å²) in [6.07, 6.45) is 11.0. The zero-order chi connectivity index (χ0) is 19.8. The summed E-state index contributed by atoms with van der Waals surface area (Å²) in [5.41, 5.74) is 3.24. The summed E-state index contributed by atoms with van der Waals surface area (Å²) in [6, 6.07) is 8.84. The van der Waals surface area contributed by atoms with E-state index < -0.39 is 5.97 Å². The van der Waals surface area contributed by atoms with E-state index in [0.717, 1.165) is 25.7 Å². The number of rotatable bonds is 9. The molecule has 2 bridgehead atoms. The Morgan fingerprint density at radius 3 is 2.75 bits per heavy atom. The molecule has 3 rings (SSSR count). The Morgan fingerprint density at radius 1 is 1.18 bits per heavy atom. The normalized spacial score (nSPS) is 26.1. The van der Waals surface area contributed by atoms with Crippen LogP contribution in [0.1, 0.15) is 38.5 Å². The minimum Gasteiger partial charge on any atom is -0.481 e. The molecule has 2 saturated heterocycles. The second kappa shape index (κ2) is 10.0. The molecule has 150 valence electrons.